The van der Waals surface area contributed by atoms with Gasteiger partial charge in [-0.3, -0.25) is 19.2 Å². The van der Waals surface area contributed by atoms with Crippen molar-refractivity contribution in [2.24, 2.45) is 105 Å². The van der Waals surface area contributed by atoms with Crippen molar-refractivity contribution in [2.75, 3.05) is 27.4 Å². The average molecular weight is 1170 g/mol. The number of ether oxygens (including phenoxy) is 6. The molecule has 8 aliphatic rings. The van der Waals surface area contributed by atoms with Gasteiger partial charge < -0.3 is 28.4 Å². The van der Waals surface area contributed by atoms with Crippen LogP contribution in [0.3, 0.4) is 0 Å². The maximum Gasteiger partial charge on any atom is 0.306 e. The van der Waals surface area contributed by atoms with Gasteiger partial charge in [0.25, 0.3) is 0 Å². The van der Waals surface area contributed by atoms with Crippen molar-refractivity contribution in [3.63, 3.8) is 0 Å². The third-order valence-corrected chi connectivity index (χ3v) is 25.2. The molecule has 10 nitrogen and oxygen atoms in total. The lowest BCUT2D eigenvalue weighted by Crippen LogP contribution is -2.53. The standard InChI is InChI=1S/C37H62O6.C37H62O4/c1-24(2)10-9-11-25(3)30-12-13-31-35-26(4)20-27-21-28(16-18-36(27,5)32(35)17-19-37(30,31)6)43-34(39)15-14-33(38)42-23-29(41-8)22-40-7;1-9-28(10-2)40-33(38)16-17-34(39)41-29-18-20-36(7)27(23-29)22-26(6)35-31-15-14-30(25(5)13-11-12-24(3)4)37(31,8)21-19-32(35)36/h20,24-26,28-32,35H,9-19,21-23H2,1-8H3;22,24-26,28-32,35H,9-21,23H2,1-8H3/t25-,26-,28+,29?,30-,31?,32?,35?,36+,37-;25-,26-,29+,30-,31?,32?,35?,36+,37-/m11/s1. The smallest absolute Gasteiger partial charge is 0.306 e. The van der Waals surface area contributed by atoms with Crippen LogP contribution in [-0.2, 0) is 47.6 Å². The first-order chi connectivity index (χ1) is 39.8. The van der Waals surface area contributed by atoms with E-state index in [4.69, 9.17) is 28.4 Å². The number of rotatable bonds is 26. The molecule has 0 amide bonds. The van der Waals surface area contributed by atoms with Crippen molar-refractivity contribution in [3.05, 3.63) is 23.3 Å². The Labute approximate surface area is 512 Å². The molecule has 10 heteroatoms. The third-order valence-electron chi connectivity index (χ3n) is 25.2. The minimum Gasteiger partial charge on any atom is -0.463 e. The molecule has 0 heterocycles. The summed E-state index contributed by atoms with van der Waals surface area (Å²) in [7, 11) is 3.13. The normalized spacial score (nSPS) is 36.9. The molecule has 0 aliphatic heterocycles. The van der Waals surface area contributed by atoms with Crippen LogP contribution in [0.1, 0.15) is 264 Å². The van der Waals surface area contributed by atoms with E-state index in [1.807, 2.05) is 13.8 Å². The van der Waals surface area contributed by atoms with Crippen molar-refractivity contribution in [1.82, 2.24) is 0 Å². The van der Waals surface area contributed by atoms with E-state index in [0.29, 0.717) is 29.3 Å². The number of carbonyl (C=O) groups is 4. The molecule has 8 aliphatic carbocycles. The summed E-state index contributed by atoms with van der Waals surface area (Å²) in [6, 6.07) is 0. The second-order valence-corrected chi connectivity index (χ2v) is 31.2. The molecule has 0 N–H and O–H groups in total. The molecular weight excluding hydrogens is 1050 g/mol. The van der Waals surface area contributed by atoms with Gasteiger partial charge in [-0.15, -0.1) is 0 Å². The van der Waals surface area contributed by atoms with Gasteiger partial charge in [0.15, 0.2) is 0 Å². The van der Waals surface area contributed by atoms with Gasteiger partial charge in [0, 0.05) is 27.1 Å². The van der Waals surface area contributed by atoms with Gasteiger partial charge in [-0.05, 0) is 194 Å². The van der Waals surface area contributed by atoms with E-state index in [2.05, 4.69) is 95.2 Å². The molecule has 480 valence electrons. The van der Waals surface area contributed by atoms with Crippen LogP contribution in [-0.4, -0.2) is 75.7 Å². The van der Waals surface area contributed by atoms with Crippen molar-refractivity contribution < 1.29 is 47.6 Å². The molecular formula is C74H124O10. The second-order valence-electron chi connectivity index (χ2n) is 31.2. The monoisotopic (exact) mass is 1170 g/mol. The fourth-order valence-electron chi connectivity index (χ4n) is 20.4. The lowest BCUT2D eigenvalue weighted by Gasteiger charge is -2.60. The topological polar surface area (TPSA) is 124 Å². The summed E-state index contributed by atoms with van der Waals surface area (Å²) < 4.78 is 32.9. The summed E-state index contributed by atoms with van der Waals surface area (Å²) in [5, 5.41) is 0. The predicted octanol–water partition coefficient (Wildman–Crippen LogP) is 17.9. The Hall–Kier alpha value is -2.72. The maximum absolute atomic E-state index is 12.7. The summed E-state index contributed by atoms with van der Waals surface area (Å²) in [5.74, 6) is 9.68. The Kier molecular flexibility index (Phi) is 24.7. The first-order valence-electron chi connectivity index (χ1n) is 35.0. The molecule has 6 saturated carbocycles. The van der Waals surface area contributed by atoms with E-state index in [1.54, 1.807) is 19.8 Å². The summed E-state index contributed by atoms with van der Waals surface area (Å²) >= 11 is 0. The second kappa shape index (κ2) is 30.2. The molecule has 0 aromatic carbocycles. The van der Waals surface area contributed by atoms with Crippen LogP contribution in [0.15, 0.2) is 23.3 Å². The molecule has 0 radical (unpaired) electrons. The predicted molar refractivity (Wildman–Crippen MR) is 338 cm³/mol. The van der Waals surface area contributed by atoms with Gasteiger partial charge in [0.05, 0.1) is 32.3 Å². The van der Waals surface area contributed by atoms with Crippen molar-refractivity contribution in [3.8, 4) is 0 Å². The molecule has 0 bridgehead atoms. The lowest BCUT2D eigenvalue weighted by molar-refractivity contribution is -0.157. The van der Waals surface area contributed by atoms with Crippen LogP contribution in [0.5, 0.6) is 0 Å². The minimum absolute atomic E-state index is 0.0215. The number of hydrogen-bond donors (Lipinski definition) is 0. The van der Waals surface area contributed by atoms with Crippen LogP contribution in [0, 0.1) is 105 Å². The summed E-state index contributed by atoms with van der Waals surface area (Å²) in [6.45, 7) is 34.4. The molecule has 7 unspecified atom stereocenters. The Bertz CT molecular complexity index is 2210. The Morgan fingerprint density at radius 3 is 1.35 bits per heavy atom. The van der Waals surface area contributed by atoms with Crippen LogP contribution in [0.2, 0.25) is 0 Å². The Morgan fingerprint density at radius 1 is 0.512 bits per heavy atom. The highest BCUT2D eigenvalue weighted by atomic mass is 16.6. The fourth-order valence-corrected chi connectivity index (χ4v) is 20.4. The maximum atomic E-state index is 12.7. The van der Waals surface area contributed by atoms with Crippen molar-refractivity contribution in [1.29, 1.82) is 0 Å². The first kappa shape index (κ1) is 68.8. The molecule has 8 rings (SSSR count). The molecule has 84 heavy (non-hydrogen) atoms. The molecule has 0 aromatic heterocycles. The largest absolute Gasteiger partial charge is 0.463 e. The number of esters is 4. The zero-order valence-electron chi connectivity index (χ0n) is 56.4. The van der Waals surface area contributed by atoms with Crippen molar-refractivity contribution in [2.45, 2.75) is 288 Å². The molecule has 6 fully saturated rings. The number of allylic oxidation sites excluding steroid dienone is 2. The number of fused-ring (bicyclic) bond motifs is 10. The molecule has 0 aromatic rings. The van der Waals surface area contributed by atoms with Gasteiger partial charge in [-0.25, -0.2) is 0 Å². The number of carbonyl (C=O) groups excluding carboxylic acids is 4. The summed E-state index contributed by atoms with van der Waals surface area (Å²) in [5.41, 5.74) is 4.50. The van der Waals surface area contributed by atoms with Gasteiger partial charge in [0.1, 0.15) is 31.0 Å². The average Bonchev–Trinajstić information content (AvgIpc) is 2.02. The lowest BCUT2D eigenvalue weighted by atomic mass is 9.45. The van der Waals surface area contributed by atoms with E-state index in [9.17, 15) is 19.2 Å². The summed E-state index contributed by atoms with van der Waals surface area (Å²) in [4.78, 5) is 49.7. The van der Waals surface area contributed by atoms with E-state index in [1.165, 1.54) is 95.5 Å². The first-order valence-corrected chi connectivity index (χ1v) is 35.0. The van der Waals surface area contributed by atoms with E-state index >= 15 is 0 Å². The van der Waals surface area contributed by atoms with Crippen LogP contribution in [0.4, 0.5) is 0 Å². The van der Waals surface area contributed by atoms with E-state index in [0.717, 1.165) is 122 Å². The van der Waals surface area contributed by atoms with E-state index < -0.39 is 5.97 Å². The highest BCUT2D eigenvalue weighted by Crippen LogP contribution is 2.70. The number of hydrogen-bond acceptors (Lipinski definition) is 10. The zero-order chi connectivity index (χ0) is 61.3. The quantitative estimate of drug-likeness (QED) is 0.0470. The van der Waals surface area contributed by atoms with Crippen LogP contribution >= 0.6 is 0 Å². The molecule has 0 spiro atoms. The SMILES string of the molecule is CCC(CC)OC(=O)CCC(=O)O[C@H]1CC[C@@]2(C)C(=C[C@@H](C)C3C2CC[C@@]2(C)C3CC[C@@H]2[C@H](C)CCCC(C)C)C1.COCC(COC(=O)CCC(=O)O[C@H]1CC[C@@]2(C)C(=C[C@@H](C)C3C2CC[C@@]2(C)C3CC[C@@H]2[C@H](C)CCCC(C)C)C1)OC. The van der Waals surface area contributed by atoms with Crippen LogP contribution < -0.4 is 0 Å². The Morgan fingerprint density at radius 2 is 0.940 bits per heavy atom. The van der Waals surface area contributed by atoms with Crippen LogP contribution in [0.25, 0.3) is 0 Å². The van der Waals surface area contributed by atoms with Gasteiger partial charge in [0.2, 0.25) is 0 Å². The van der Waals surface area contributed by atoms with Gasteiger partial charge in [-0.1, -0.05) is 159 Å². The molecule has 0 saturated heterocycles. The van der Waals surface area contributed by atoms with Gasteiger partial charge in [-0.2, -0.15) is 0 Å². The fraction of sp³-hybridized carbons (Fsp3) is 0.892. The Balaban J connectivity index is 0.000000241. The minimum atomic E-state index is -0.412. The zero-order valence-corrected chi connectivity index (χ0v) is 56.4. The summed E-state index contributed by atoms with van der Waals surface area (Å²) in [6.07, 6.45) is 31.7. The highest BCUT2D eigenvalue weighted by Gasteiger charge is 2.62. The third kappa shape index (κ3) is 15.8. The van der Waals surface area contributed by atoms with Crippen molar-refractivity contribution >= 4 is 23.9 Å². The number of methoxy groups -OCH3 is 2. The van der Waals surface area contributed by atoms with Gasteiger partial charge >= 0.3 is 23.9 Å². The highest BCUT2D eigenvalue weighted by molar-refractivity contribution is 5.78. The molecule has 19 atom stereocenters. The van der Waals surface area contributed by atoms with E-state index in [-0.39, 0.29) is 85.4 Å².